The first kappa shape index (κ1) is 17.0. The van der Waals surface area contributed by atoms with E-state index in [9.17, 15) is 10.1 Å². The van der Waals surface area contributed by atoms with Crippen LogP contribution in [0.2, 0.25) is 0 Å². The Bertz CT molecular complexity index is 909. The van der Waals surface area contributed by atoms with E-state index in [1.54, 1.807) is 29.4 Å². The zero-order chi connectivity index (χ0) is 17.5. The maximum atomic E-state index is 12.1. The first-order valence-corrected chi connectivity index (χ1v) is 9.20. The summed E-state index contributed by atoms with van der Waals surface area (Å²) in [5, 5.41) is 14.7. The summed E-state index contributed by atoms with van der Waals surface area (Å²) < 4.78 is 5.67. The van der Waals surface area contributed by atoms with Gasteiger partial charge in [0.25, 0.3) is 5.91 Å². The van der Waals surface area contributed by atoms with Crippen LogP contribution in [0.15, 0.2) is 69.1 Å². The zero-order valence-electron chi connectivity index (χ0n) is 13.0. The minimum absolute atomic E-state index is 0.0378. The Kier molecular flexibility index (Phi) is 5.67. The van der Waals surface area contributed by atoms with Crippen molar-refractivity contribution < 1.29 is 9.21 Å². The van der Waals surface area contributed by atoms with Gasteiger partial charge in [-0.15, -0.1) is 11.3 Å². The highest BCUT2D eigenvalue weighted by atomic mass is 32.2. The van der Waals surface area contributed by atoms with Crippen molar-refractivity contribution >= 4 is 40.2 Å². The lowest BCUT2D eigenvalue weighted by Gasteiger charge is -1.99. The molecule has 0 unspecified atom stereocenters. The molecule has 7 heteroatoms. The Morgan fingerprint density at radius 2 is 2.16 bits per heavy atom. The quantitative estimate of drug-likeness (QED) is 0.392. The van der Waals surface area contributed by atoms with E-state index >= 15 is 0 Å². The SMILES string of the molecule is N#C/C(=C/c1ccc(SCc2ccccc2)o1)C(=O)Nc1nccs1. The van der Waals surface area contributed by atoms with Gasteiger partial charge in [0.05, 0.1) is 0 Å². The normalized spacial score (nSPS) is 11.1. The molecule has 2 aromatic heterocycles. The molecule has 2 heterocycles. The Labute approximate surface area is 153 Å². The van der Waals surface area contributed by atoms with E-state index in [0.717, 1.165) is 10.8 Å². The number of nitrogens with zero attached hydrogens (tertiary/aromatic N) is 2. The molecule has 0 fully saturated rings. The van der Waals surface area contributed by atoms with Crippen molar-refractivity contribution in [2.75, 3.05) is 5.32 Å². The third-order valence-electron chi connectivity index (χ3n) is 3.13. The van der Waals surface area contributed by atoms with Gasteiger partial charge in [-0.25, -0.2) is 4.98 Å². The second kappa shape index (κ2) is 8.33. The predicted octanol–water partition coefficient (Wildman–Crippen LogP) is 4.57. The van der Waals surface area contributed by atoms with Gasteiger partial charge >= 0.3 is 0 Å². The molecule has 0 saturated heterocycles. The number of benzene rings is 1. The maximum absolute atomic E-state index is 12.1. The van der Waals surface area contributed by atoms with Gasteiger partial charge in [0, 0.05) is 23.4 Å². The fourth-order valence-electron chi connectivity index (χ4n) is 1.96. The highest BCUT2D eigenvalue weighted by Crippen LogP contribution is 2.26. The van der Waals surface area contributed by atoms with Gasteiger partial charge in [0.2, 0.25) is 0 Å². The van der Waals surface area contributed by atoms with Crippen LogP contribution in [-0.4, -0.2) is 10.9 Å². The van der Waals surface area contributed by atoms with Crippen LogP contribution in [0.3, 0.4) is 0 Å². The van der Waals surface area contributed by atoms with Crippen LogP contribution in [0.25, 0.3) is 6.08 Å². The molecule has 0 radical (unpaired) electrons. The molecular weight excluding hydrogens is 354 g/mol. The van der Waals surface area contributed by atoms with E-state index in [0.29, 0.717) is 10.9 Å². The minimum atomic E-state index is -0.507. The first-order valence-electron chi connectivity index (χ1n) is 7.34. The number of amides is 1. The number of rotatable bonds is 6. The second-order valence-electron chi connectivity index (χ2n) is 4.89. The van der Waals surface area contributed by atoms with Crippen molar-refractivity contribution in [1.82, 2.24) is 4.98 Å². The van der Waals surface area contributed by atoms with Crippen LogP contribution in [-0.2, 0) is 10.5 Å². The van der Waals surface area contributed by atoms with E-state index in [-0.39, 0.29) is 5.57 Å². The minimum Gasteiger partial charge on any atom is -0.450 e. The van der Waals surface area contributed by atoms with Crippen molar-refractivity contribution in [2.45, 2.75) is 10.8 Å². The Balaban J connectivity index is 1.64. The average Bonchev–Trinajstić information content (AvgIpc) is 3.30. The fraction of sp³-hybridized carbons (Fsp3) is 0.0556. The number of hydrogen-bond donors (Lipinski definition) is 1. The molecular formula is C18H13N3O2S2. The van der Waals surface area contributed by atoms with E-state index in [2.05, 4.69) is 10.3 Å². The van der Waals surface area contributed by atoms with Crippen molar-refractivity contribution in [2.24, 2.45) is 0 Å². The molecule has 0 bridgehead atoms. The highest BCUT2D eigenvalue weighted by Gasteiger charge is 2.12. The molecule has 0 saturated carbocycles. The van der Waals surface area contributed by atoms with Crippen molar-refractivity contribution in [1.29, 1.82) is 5.26 Å². The number of nitriles is 1. The van der Waals surface area contributed by atoms with Gasteiger partial charge in [-0.3, -0.25) is 10.1 Å². The van der Waals surface area contributed by atoms with Crippen LogP contribution in [0.5, 0.6) is 0 Å². The number of anilines is 1. The maximum Gasteiger partial charge on any atom is 0.268 e. The topological polar surface area (TPSA) is 78.9 Å². The summed E-state index contributed by atoms with van der Waals surface area (Å²) >= 11 is 2.84. The molecule has 25 heavy (non-hydrogen) atoms. The van der Waals surface area contributed by atoms with Crippen LogP contribution < -0.4 is 5.32 Å². The number of aromatic nitrogens is 1. The van der Waals surface area contributed by atoms with Crippen molar-refractivity contribution in [3.05, 3.63) is 70.9 Å². The van der Waals surface area contributed by atoms with Crippen molar-refractivity contribution in [3.63, 3.8) is 0 Å². The summed E-state index contributed by atoms with van der Waals surface area (Å²) in [6.45, 7) is 0. The molecule has 3 aromatic rings. The number of furan rings is 1. The summed E-state index contributed by atoms with van der Waals surface area (Å²) in [5.74, 6) is 0.737. The molecule has 1 amide bonds. The molecule has 124 valence electrons. The van der Waals surface area contributed by atoms with Gasteiger partial charge < -0.3 is 4.42 Å². The zero-order valence-corrected chi connectivity index (χ0v) is 14.6. The third kappa shape index (κ3) is 4.83. The first-order chi connectivity index (χ1) is 12.2. The molecule has 0 aliphatic carbocycles. The van der Waals surface area contributed by atoms with E-state index < -0.39 is 5.91 Å². The van der Waals surface area contributed by atoms with Gasteiger partial charge in [0.1, 0.15) is 17.4 Å². The van der Waals surface area contributed by atoms with Crippen LogP contribution in [0.4, 0.5) is 5.13 Å². The Morgan fingerprint density at radius 3 is 2.88 bits per heavy atom. The second-order valence-corrected chi connectivity index (χ2v) is 6.77. The molecule has 0 atom stereocenters. The van der Waals surface area contributed by atoms with Gasteiger partial charge in [0.15, 0.2) is 10.2 Å². The largest absolute Gasteiger partial charge is 0.450 e. The fourth-order valence-corrected chi connectivity index (χ4v) is 3.30. The lowest BCUT2D eigenvalue weighted by atomic mass is 10.2. The molecule has 1 N–H and O–H groups in total. The monoisotopic (exact) mass is 367 g/mol. The average molecular weight is 367 g/mol. The van der Waals surface area contributed by atoms with Crippen LogP contribution in [0, 0.1) is 11.3 Å². The summed E-state index contributed by atoms with van der Waals surface area (Å²) in [6.07, 6.45) is 3.01. The summed E-state index contributed by atoms with van der Waals surface area (Å²) in [7, 11) is 0. The van der Waals surface area contributed by atoms with E-state index in [4.69, 9.17) is 4.42 Å². The van der Waals surface area contributed by atoms with Crippen molar-refractivity contribution in [3.8, 4) is 6.07 Å². The molecule has 3 rings (SSSR count). The Morgan fingerprint density at radius 1 is 1.32 bits per heavy atom. The standard InChI is InChI=1S/C18H13N3O2S2/c19-11-14(17(22)21-18-20-8-9-24-18)10-15-6-7-16(23-15)25-12-13-4-2-1-3-5-13/h1-10H,12H2,(H,20,21,22)/b14-10-. The molecule has 5 nitrogen and oxygen atoms in total. The number of carbonyl (C=O) groups excluding carboxylic acids is 1. The molecule has 1 aromatic carbocycles. The smallest absolute Gasteiger partial charge is 0.268 e. The summed E-state index contributed by atoms with van der Waals surface area (Å²) in [4.78, 5) is 16.0. The van der Waals surface area contributed by atoms with Gasteiger partial charge in [-0.2, -0.15) is 5.26 Å². The molecule has 0 aliphatic rings. The lowest BCUT2D eigenvalue weighted by Crippen LogP contribution is -2.13. The third-order valence-corrected chi connectivity index (χ3v) is 4.80. The highest BCUT2D eigenvalue weighted by molar-refractivity contribution is 7.98. The number of hydrogen-bond acceptors (Lipinski definition) is 6. The van der Waals surface area contributed by atoms with Crippen LogP contribution >= 0.6 is 23.1 Å². The van der Waals surface area contributed by atoms with Crippen LogP contribution in [0.1, 0.15) is 11.3 Å². The lowest BCUT2D eigenvalue weighted by molar-refractivity contribution is -0.112. The number of nitrogens with one attached hydrogen (secondary N) is 1. The van der Waals surface area contributed by atoms with Gasteiger partial charge in [-0.05, 0) is 17.7 Å². The summed E-state index contributed by atoms with van der Waals surface area (Å²) in [6, 6.07) is 15.5. The van der Waals surface area contributed by atoms with E-state index in [1.165, 1.54) is 23.0 Å². The Hall–Kier alpha value is -2.82. The number of carbonyl (C=O) groups is 1. The predicted molar refractivity (Wildman–Crippen MR) is 99.0 cm³/mol. The molecule has 0 aliphatic heterocycles. The number of thioether (sulfide) groups is 1. The molecule has 0 spiro atoms. The van der Waals surface area contributed by atoms with Gasteiger partial charge in [-0.1, -0.05) is 42.1 Å². The number of thiazole rings is 1. The van der Waals surface area contributed by atoms with E-state index in [1.807, 2.05) is 42.5 Å². The summed E-state index contributed by atoms with van der Waals surface area (Å²) in [5.41, 5.74) is 1.16.